The number of carboxylic acids is 1. The van der Waals surface area contributed by atoms with Crippen LogP contribution in [-0.2, 0) is 17.6 Å². The molecule has 130 valence electrons. The zero-order valence-corrected chi connectivity index (χ0v) is 14.2. The third kappa shape index (κ3) is 2.35. The molecule has 1 amide bonds. The van der Waals surface area contributed by atoms with Crippen molar-refractivity contribution >= 4 is 11.9 Å². The van der Waals surface area contributed by atoms with E-state index in [1.807, 2.05) is 35.0 Å². The van der Waals surface area contributed by atoms with Crippen LogP contribution in [0.5, 0.6) is 0 Å². The molecule has 1 atom stereocenters. The van der Waals surface area contributed by atoms with E-state index < -0.39 is 11.5 Å². The molecule has 0 saturated carbocycles. The van der Waals surface area contributed by atoms with Gasteiger partial charge >= 0.3 is 5.97 Å². The number of benzene rings is 1. The molecule has 1 saturated heterocycles. The fourth-order valence-electron chi connectivity index (χ4n) is 4.03. The molecular formula is C19H21N3O3. The van der Waals surface area contributed by atoms with E-state index in [1.165, 1.54) is 4.90 Å². The zero-order valence-electron chi connectivity index (χ0n) is 14.2. The van der Waals surface area contributed by atoms with Crippen LogP contribution in [0.4, 0.5) is 0 Å². The van der Waals surface area contributed by atoms with Gasteiger partial charge in [0.1, 0.15) is 5.54 Å². The van der Waals surface area contributed by atoms with Crippen LogP contribution in [0.2, 0.25) is 0 Å². The molecule has 0 radical (unpaired) electrons. The number of nitrogens with zero attached hydrogens (tertiary/aromatic N) is 3. The van der Waals surface area contributed by atoms with Crippen molar-refractivity contribution in [1.29, 1.82) is 0 Å². The molecule has 6 nitrogen and oxygen atoms in total. The Kier molecular flexibility index (Phi) is 3.63. The molecule has 1 aliphatic heterocycles. The Balaban J connectivity index is 1.77. The van der Waals surface area contributed by atoms with E-state index >= 15 is 0 Å². The van der Waals surface area contributed by atoms with Crippen LogP contribution in [0.25, 0.3) is 5.69 Å². The lowest BCUT2D eigenvalue weighted by Gasteiger charge is -2.30. The number of aromatic nitrogens is 2. The van der Waals surface area contributed by atoms with E-state index in [9.17, 15) is 14.7 Å². The molecule has 2 heterocycles. The van der Waals surface area contributed by atoms with Gasteiger partial charge in [-0.1, -0.05) is 18.2 Å². The maximum atomic E-state index is 13.2. The minimum absolute atomic E-state index is 0.254. The molecule has 1 aromatic heterocycles. The lowest BCUT2D eigenvalue weighted by Crippen LogP contribution is -2.51. The van der Waals surface area contributed by atoms with Gasteiger partial charge in [-0.2, -0.15) is 5.10 Å². The molecular weight excluding hydrogens is 318 g/mol. The summed E-state index contributed by atoms with van der Waals surface area (Å²) in [6, 6.07) is 9.78. The molecule has 0 bridgehead atoms. The number of carbonyl (C=O) groups excluding carboxylic acids is 1. The number of hydrogen-bond acceptors (Lipinski definition) is 3. The highest BCUT2D eigenvalue weighted by atomic mass is 16.4. The van der Waals surface area contributed by atoms with Gasteiger partial charge in [0.15, 0.2) is 5.69 Å². The van der Waals surface area contributed by atoms with Gasteiger partial charge in [-0.3, -0.25) is 4.79 Å². The van der Waals surface area contributed by atoms with E-state index in [0.717, 1.165) is 36.2 Å². The first-order valence-electron chi connectivity index (χ1n) is 8.74. The van der Waals surface area contributed by atoms with Crippen LogP contribution < -0.4 is 0 Å². The van der Waals surface area contributed by atoms with Gasteiger partial charge in [0, 0.05) is 17.8 Å². The van der Waals surface area contributed by atoms with E-state index in [0.29, 0.717) is 25.1 Å². The van der Waals surface area contributed by atoms with Crippen LogP contribution in [0, 0.1) is 0 Å². The number of rotatable bonds is 3. The normalized spacial score (nSPS) is 22.2. The molecule has 1 fully saturated rings. The van der Waals surface area contributed by atoms with Crippen molar-refractivity contribution in [2.45, 2.75) is 44.6 Å². The van der Waals surface area contributed by atoms with Crippen LogP contribution in [0.3, 0.4) is 0 Å². The molecule has 1 unspecified atom stereocenters. The second kappa shape index (κ2) is 5.72. The Morgan fingerprint density at radius 2 is 1.92 bits per heavy atom. The smallest absolute Gasteiger partial charge is 0.329 e. The van der Waals surface area contributed by atoms with Gasteiger partial charge in [0.2, 0.25) is 0 Å². The van der Waals surface area contributed by atoms with Crippen LogP contribution >= 0.6 is 0 Å². The highest BCUT2D eigenvalue weighted by Gasteiger charge is 2.47. The Morgan fingerprint density at radius 1 is 1.16 bits per heavy atom. The molecule has 2 aliphatic rings. The summed E-state index contributed by atoms with van der Waals surface area (Å²) in [7, 11) is 0. The molecule has 1 aromatic carbocycles. The van der Waals surface area contributed by atoms with Crippen LogP contribution in [0.15, 0.2) is 30.3 Å². The van der Waals surface area contributed by atoms with Crippen LogP contribution in [0.1, 0.15) is 47.9 Å². The third-order valence-electron chi connectivity index (χ3n) is 5.48. The summed E-state index contributed by atoms with van der Waals surface area (Å²) in [4.78, 5) is 26.4. The van der Waals surface area contributed by atoms with Crippen molar-refractivity contribution in [1.82, 2.24) is 14.7 Å². The molecule has 25 heavy (non-hydrogen) atoms. The van der Waals surface area contributed by atoms with Gasteiger partial charge in [-0.05, 0) is 51.2 Å². The number of carbonyl (C=O) groups is 2. The lowest BCUT2D eigenvalue weighted by molar-refractivity contribution is -0.147. The van der Waals surface area contributed by atoms with E-state index in [1.54, 1.807) is 6.92 Å². The minimum Gasteiger partial charge on any atom is -0.480 e. The van der Waals surface area contributed by atoms with Gasteiger partial charge in [0.05, 0.1) is 5.69 Å². The summed E-state index contributed by atoms with van der Waals surface area (Å²) in [6.07, 6.45) is 3.89. The fraction of sp³-hybridized carbons (Fsp3) is 0.421. The summed E-state index contributed by atoms with van der Waals surface area (Å²) in [6.45, 7) is 2.10. The van der Waals surface area contributed by atoms with Crippen molar-refractivity contribution in [3.63, 3.8) is 0 Å². The van der Waals surface area contributed by atoms with Gasteiger partial charge < -0.3 is 10.0 Å². The molecule has 2 aromatic rings. The van der Waals surface area contributed by atoms with Crippen LogP contribution in [-0.4, -0.2) is 43.7 Å². The predicted octanol–water partition coefficient (Wildman–Crippen LogP) is 2.44. The summed E-state index contributed by atoms with van der Waals surface area (Å²) in [5, 5.41) is 14.2. The van der Waals surface area contributed by atoms with Gasteiger partial charge in [-0.15, -0.1) is 0 Å². The average Bonchev–Trinajstić information content (AvgIpc) is 3.30. The van der Waals surface area contributed by atoms with E-state index in [4.69, 9.17) is 0 Å². The standard InChI is InChI=1S/C19H21N3O3/c1-19(18(24)25)11-6-12-21(19)17(23)16-14-9-5-10-15(14)22(20-16)13-7-3-2-4-8-13/h2-4,7-8H,5-6,9-12H2,1H3,(H,24,25). The second-order valence-electron chi connectivity index (χ2n) is 7.01. The van der Waals surface area contributed by atoms with Crippen molar-refractivity contribution in [3.05, 3.63) is 47.3 Å². The number of likely N-dealkylation sites (tertiary alicyclic amines) is 1. The minimum atomic E-state index is -1.14. The van der Waals surface area contributed by atoms with Crippen molar-refractivity contribution < 1.29 is 14.7 Å². The number of carboxylic acid groups (broad SMARTS) is 1. The maximum absolute atomic E-state index is 13.2. The highest BCUT2D eigenvalue weighted by molar-refractivity contribution is 5.98. The first-order valence-corrected chi connectivity index (χ1v) is 8.74. The topological polar surface area (TPSA) is 75.4 Å². The maximum Gasteiger partial charge on any atom is 0.329 e. The molecule has 1 aliphatic carbocycles. The fourth-order valence-corrected chi connectivity index (χ4v) is 4.03. The Bertz CT molecular complexity index is 843. The van der Waals surface area contributed by atoms with Crippen molar-refractivity contribution in [2.75, 3.05) is 6.54 Å². The first kappa shape index (κ1) is 15.9. The number of hydrogen-bond donors (Lipinski definition) is 1. The summed E-state index contributed by atoms with van der Waals surface area (Å²) in [5.41, 5.74) is 2.27. The number of fused-ring (bicyclic) bond motifs is 1. The SMILES string of the molecule is CC1(C(=O)O)CCCN1C(=O)c1nn(-c2ccccc2)c2c1CCC2. The molecule has 4 rings (SSSR count). The molecule has 1 N–H and O–H groups in total. The second-order valence-corrected chi connectivity index (χ2v) is 7.01. The highest BCUT2D eigenvalue weighted by Crippen LogP contribution is 2.34. The number of para-hydroxylation sites is 1. The molecule has 6 heteroatoms. The Hall–Kier alpha value is -2.63. The predicted molar refractivity (Wildman–Crippen MR) is 91.9 cm³/mol. The van der Waals surface area contributed by atoms with E-state index in [2.05, 4.69) is 5.10 Å². The number of amides is 1. The number of aliphatic carboxylic acids is 1. The first-order chi connectivity index (χ1) is 12.0. The lowest BCUT2D eigenvalue weighted by atomic mass is 9.99. The molecule has 0 spiro atoms. The summed E-state index contributed by atoms with van der Waals surface area (Å²) in [5.74, 6) is -1.20. The van der Waals surface area contributed by atoms with Gasteiger partial charge in [-0.25, -0.2) is 9.48 Å². The van der Waals surface area contributed by atoms with Crippen molar-refractivity contribution in [3.8, 4) is 5.69 Å². The monoisotopic (exact) mass is 339 g/mol. The Morgan fingerprint density at radius 3 is 2.64 bits per heavy atom. The average molecular weight is 339 g/mol. The largest absolute Gasteiger partial charge is 0.480 e. The van der Waals surface area contributed by atoms with E-state index in [-0.39, 0.29) is 5.91 Å². The Labute approximate surface area is 146 Å². The van der Waals surface area contributed by atoms with Crippen molar-refractivity contribution in [2.24, 2.45) is 0 Å². The quantitative estimate of drug-likeness (QED) is 0.932. The summed E-state index contributed by atoms with van der Waals surface area (Å²) < 4.78 is 1.85. The van der Waals surface area contributed by atoms with Gasteiger partial charge in [0.25, 0.3) is 5.91 Å². The third-order valence-corrected chi connectivity index (χ3v) is 5.48. The summed E-state index contributed by atoms with van der Waals surface area (Å²) >= 11 is 0. The zero-order chi connectivity index (χ0) is 17.6.